The normalized spacial score (nSPS) is 12.2. The van der Waals surface area contributed by atoms with Crippen LogP contribution in [0, 0.1) is 0 Å². The van der Waals surface area contributed by atoms with Gasteiger partial charge in [0, 0.05) is 17.8 Å². The second-order valence-corrected chi connectivity index (χ2v) is 5.58. The lowest BCUT2D eigenvalue weighted by Gasteiger charge is -2.14. The van der Waals surface area contributed by atoms with Crippen LogP contribution >= 0.6 is 0 Å². The molecule has 1 aromatic heterocycles. The molecule has 2 rings (SSSR count). The van der Waals surface area contributed by atoms with E-state index in [2.05, 4.69) is 10.3 Å². The van der Waals surface area contributed by atoms with Crippen molar-refractivity contribution in [3.8, 4) is 11.1 Å². The predicted molar refractivity (Wildman–Crippen MR) is 87.5 cm³/mol. The zero-order valence-corrected chi connectivity index (χ0v) is 12.8. The fourth-order valence-corrected chi connectivity index (χ4v) is 2.21. The number of nitrogens with one attached hydrogen (secondary N) is 2. The molecule has 5 heteroatoms. The Hall–Kier alpha value is -2.40. The number of rotatable bonds is 5. The summed E-state index contributed by atoms with van der Waals surface area (Å²) in [6.07, 6.45) is 2.07. The van der Waals surface area contributed by atoms with Crippen molar-refractivity contribution in [3.05, 3.63) is 58.5 Å². The molecule has 0 saturated heterocycles. The van der Waals surface area contributed by atoms with Crippen molar-refractivity contribution >= 4 is 5.91 Å². The van der Waals surface area contributed by atoms with Gasteiger partial charge in [0.2, 0.25) is 5.91 Å². The van der Waals surface area contributed by atoms with Gasteiger partial charge in [-0.05, 0) is 43.5 Å². The molecule has 4 N–H and O–H groups in total. The monoisotopic (exact) mass is 299 g/mol. The van der Waals surface area contributed by atoms with Crippen molar-refractivity contribution in [3.63, 3.8) is 0 Å². The van der Waals surface area contributed by atoms with Gasteiger partial charge in [0.1, 0.15) is 0 Å². The number of nitrogens with two attached hydrogens (primary N) is 1. The summed E-state index contributed by atoms with van der Waals surface area (Å²) in [6, 6.07) is 10.6. The first-order valence-corrected chi connectivity index (χ1v) is 7.30. The SMILES string of the molecule is CC(C)NC(=O)[C@@H](N)Cc1ccc(-c2ccc[nH]c2=O)cc1. The Morgan fingerprint density at radius 1 is 1.23 bits per heavy atom. The van der Waals surface area contributed by atoms with E-state index in [1.165, 1.54) is 0 Å². The van der Waals surface area contributed by atoms with Crippen LogP contribution in [0.2, 0.25) is 0 Å². The van der Waals surface area contributed by atoms with Crippen molar-refractivity contribution in [1.29, 1.82) is 0 Å². The molecule has 0 fully saturated rings. The van der Waals surface area contributed by atoms with Gasteiger partial charge in [-0.2, -0.15) is 0 Å². The fourth-order valence-electron chi connectivity index (χ4n) is 2.21. The molecule has 1 aromatic carbocycles. The third-order valence-corrected chi connectivity index (χ3v) is 3.31. The average Bonchev–Trinajstić information content (AvgIpc) is 2.48. The summed E-state index contributed by atoms with van der Waals surface area (Å²) in [7, 11) is 0. The van der Waals surface area contributed by atoms with E-state index in [0.717, 1.165) is 11.1 Å². The summed E-state index contributed by atoms with van der Waals surface area (Å²) in [5.74, 6) is -0.154. The Labute approximate surface area is 129 Å². The second kappa shape index (κ2) is 7.04. The minimum atomic E-state index is -0.576. The van der Waals surface area contributed by atoms with Gasteiger partial charge in [-0.25, -0.2) is 0 Å². The molecule has 0 unspecified atom stereocenters. The van der Waals surface area contributed by atoms with Crippen LogP contribution < -0.4 is 16.6 Å². The van der Waals surface area contributed by atoms with E-state index >= 15 is 0 Å². The van der Waals surface area contributed by atoms with E-state index in [0.29, 0.717) is 12.0 Å². The molecule has 1 amide bonds. The van der Waals surface area contributed by atoms with Crippen molar-refractivity contribution in [2.45, 2.75) is 32.4 Å². The summed E-state index contributed by atoms with van der Waals surface area (Å²) in [5.41, 5.74) is 8.20. The average molecular weight is 299 g/mol. The first-order chi connectivity index (χ1) is 10.5. The van der Waals surface area contributed by atoms with E-state index in [-0.39, 0.29) is 17.5 Å². The minimum absolute atomic E-state index is 0.0748. The number of amides is 1. The molecule has 2 aromatic rings. The second-order valence-electron chi connectivity index (χ2n) is 5.58. The van der Waals surface area contributed by atoms with Crippen molar-refractivity contribution in [1.82, 2.24) is 10.3 Å². The highest BCUT2D eigenvalue weighted by Crippen LogP contribution is 2.16. The van der Waals surface area contributed by atoms with Gasteiger partial charge in [0.05, 0.1) is 6.04 Å². The summed E-state index contributed by atoms with van der Waals surface area (Å²) in [6.45, 7) is 3.80. The maximum Gasteiger partial charge on any atom is 0.255 e. The van der Waals surface area contributed by atoms with Gasteiger partial charge in [-0.3, -0.25) is 9.59 Å². The lowest BCUT2D eigenvalue weighted by molar-refractivity contribution is -0.122. The molecule has 1 heterocycles. The summed E-state index contributed by atoms with van der Waals surface area (Å²) in [5, 5.41) is 2.80. The van der Waals surface area contributed by atoms with Gasteiger partial charge in [-0.15, -0.1) is 0 Å². The highest BCUT2D eigenvalue weighted by atomic mass is 16.2. The smallest absolute Gasteiger partial charge is 0.255 e. The maximum atomic E-state index is 11.8. The van der Waals surface area contributed by atoms with E-state index in [1.807, 2.05) is 38.1 Å². The molecular formula is C17H21N3O2. The zero-order chi connectivity index (χ0) is 16.1. The molecule has 0 aliphatic carbocycles. The molecule has 0 aliphatic heterocycles. The Bertz CT molecular complexity index is 690. The minimum Gasteiger partial charge on any atom is -0.353 e. The van der Waals surface area contributed by atoms with Gasteiger partial charge < -0.3 is 16.0 Å². The number of benzene rings is 1. The first kappa shape index (κ1) is 16.0. The largest absolute Gasteiger partial charge is 0.353 e. The number of carbonyl (C=O) groups excluding carboxylic acids is 1. The molecule has 116 valence electrons. The van der Waals surface area contributed by atoms with Gasteiger partial charge in [0.25, 0.3) is 5.56 Å². The van der Waals surface area contributed by atoms with Crippen LogP contribution in [-0.4, -0.2) is 23.0 Å². The Morgan fingerprint density at radius 2 is 1.91 bits per heavy atom. The van der Waals surface area contributed by atoms with Crippen LogP contribution in [0.3, 0.4) is 0 Å². The molecule has 22 heavy (non-hydrogen) atoms. The molecular weight excluding hydrogens is 278 g/mol. The standard InChI is InChI=1S/C17H21N3O2/c1-11(2)20-17(22)15(18)10-12-5-7-13(8-6-12)14-4-3-9-19-16(14)21/h3-9,11,15H,10,18H2,1-2H3,(H,19,21)(H,20,22)/t15-/m0/s1. The number of aromatic nitrogens is 1. The highest BCUT2D eigenvalue weighted by Gasteiger charge is 2.14. The van der Waals surface area contributed by atoms with Gasteiger partial charge in [-0.1, -0.05) is 24.3 Å². The van der Waals surface area contributed by atoms with E-state index in [1.54, 1.807) is 18.3 Å². The third kappa shape index (κ3) is 4.05. The van der Waals surface area contributed by atoms with E-state index in [9.17, 15) is 9.59 Å². The van der Waals surface area contributed by atoms with Crippen LogP contribution in [0.4, 0.5) is 0 Å². The van der Waals surface area contributed by atoms with Crippen LogP contribution in [-0.2, 0) is 11.2 Å². The Morgan fingerprint density at radius 3 is 2.50 bits per heavy atom. The third-order valence-electron chi connectivity index (χ3n) is 3.31. The Kier molecular flexibility index (Phi) is 5.12. The predicted octanol–water partition coefficient (Wildman–Crippen LogP) is 1.44. The van der Waals surface area contributed by atoms with Gasteiger partial charge in [0.15, 0.2) is 0 Å². The van der Waals surface area contributed by atoms with Crippen molar-refractivity contribution < 1.29 is 4.79 Å². The number of pyridine rings is 1. The van der Waals surface area contributed by atoms with Crippen LogP contribution in [0.5, 0.6) is 0 Å². The van der Waals surface area contributed by atoms with Gasteiger partial charge >= 0.3 is 0 Å². The topological polar surface area (TPSA) is 88.0 Å². The summed E-state index contributed by atoms with van der Waals surface area (Å²) in [4.78, 5) is 26.2. The zero-order valence-electron chi connectivity index (χ0n) is 12.8. The molecule has 5 nitrogen and oxygen atoms in total. The molecule has 0 spiro atoms. The number of H-pyrrole nitrogens is 1. The quantitative estimate of drug-likeness (QED) is 0.780. The highest BCUT2D eigenvalue weighted by molar-refractivity contribution is 5.82. The lowest BCUT2D eigenvalue weighted by Crippen LogP contribution is -2.44. The fraction of sp³-hybridized carbons (Fsp3) is 0.294. The summed E-state index contributed by atoms with van der Waals surface area (Å²) >= 11 is 0. The molecule has 0 aliphatic rings. The molecule has 1 atom stereocenters. The van der Waals surface area contributed by atoms with E-state index < -0.39 is 6.04 Å². The molecule has 0 saturated carbocycles. The summed E-state index contributed by atoms with van der Waals surface area (Å²) < 4.78 is 0. The maximum absolute atomic E-state index is 11.8. The van der Waals surface area contributed by atoms with Crippen molar-refractivity contribution in [2.75, 3.05) is 0 Å². The number of aromatic amines is 1. The number of hydrogen-bond donors (Lipinski definition) is 3. The van der Waals surface area contributed by atoms with E-state index in [4.69, 9.17) is 5.73 Å². The van der Waals surface area contributed by atoms with Crippen LogP contribution in [0.15, 0.2) is 47.4 Å². The van der Waals surface area contributed by atoms with Crippen molar-refractivity contribution in [2.24, 2.45) is 5.73 Å². The van der Waals surface area contributed by atoms with Crippen LogP contribution in [0.1, 0.15) is 19.4 Å². The number of carbonyl (C=O) groups is 1. The van der Waals surface area contributed by atoms with Crippen LogP contribution in [0.25, 0.3) is 11.1 Å². The molecule has 0 radical (unpaired) electrons. The lowest BCUT2D eigenvalue weighted by atomic mass is 10.0. The first-order valence-electron chi connectivity index (χ1n) is 7.30. The Balaban J connectivity index is 2.08. The number of hydrogen-bond acceptors (Lipinski definition) is 3. The molecule has 0 bridgehead atoms.